The first-order valence-corrected chi connectivity index (χ1v) is 14.8. The summed E-state index contributed by atoms with van der Waals surface area (Å²) in [6.07, 6.45) is 4.80. The lowest BCUT2D eigenvalue weighted by Gasteiger charge is -2.25. The molecular weight excluding hydrogens is 538 g/mol. The monoisotopic (exact) mass is 577 g/mol. The van der Waals surface area contributed by atoms with E-state index in [0.717, 1.165) is 53.5 Å². The Morgan fingerprint density at radius 1 is 1.09 bits per heavy atom. The number of anilines is 1. The molecule has 2 aliphatic heterocycles. The van der Waals surface area contributed by atoms with E-state index in [1.54, 1.807) is 11.9 Å². The van der Waals surface area contributed by atoms with Crippen molar-refractivity contribution in [3.05, 3.63) is 77.7 Å². The molecule has 222 valence electrons. The van der Waals surface area contributed by atoms with Crippen molar-refractivity contribution in [1.29, 1.82) is 5.26 Å². The van der Waals surface area contributed by atoms with Crippen molar-refractivity contribution in [1.82, 2.24) is 23.9 Å². The van der Waals surface area contributed by atoms with E-state index in [0.29, 0.717) is 24.7 Å². The van der Waals surface area contributed by atoms with Gasteiger partial charge in [0.15, 0.2) is 5.82 Å². The van der Waals surface area contributed by atoms with E-state index >= 15 is 0 Å². The van der Waals surface area contributed by atoms with Crippen molar-refractivity contribution in [2.75, 3.05) is 39.1 Å². The molecule has 0 bridgehead atoms. The number of amides is 1. The zero-order valence-electron chi connectivity index (χ0n) is 25.8. The van der Waals surface area contributed by atoms with Gasteiger partial charge < -0.3 is 24.0 Å². The van der Waals surface area contributed by atoms with E-state index in [2.05, 4.69) is 69.6 Å². The van der Waals surface area contributed by atoms with Crippen LogP contribution in [0, 0.1) is 11.3 Å². The third-order valence-corrected chi connectivity index (χ3v) is 8.32. The number of hydrogen-bond donors (Lipinski definition) is 0. The van der Waals surface area contributed by atoms with Gasteiger partial charge in [-0.2, -0.15) is 5.26 Å². The molecule has 1 amide bonds. The van der Waals surface area contributed by atoms with Crippen molar-refractivity contribution < 1.29 is 9.53 Å². The summed E-state index contributed by atoms with van der Waals surface area (Å²) < 4.78 is 10.1. The highest BCUT2D eigenvalue weighted by atomic mass is 16.6. The van der Waals surface area contributed by atoms with Crippen LogP contribution in [0.4, 0.5) is 10.5 Å². The fraction of sp³-hybridized carbons (Fsp3) is 0.382. The second-order valence-electron chi connectivity index (χ2n) is 12.8. The van der Waals surface area contributed by atoms with Crippen LogP contribution in [0.2, 0.25) is 0 Å². The Bertz CT molecular complexity index is 1700. The second kappa shape index (κ2) is 10.9. The summed E-state index contributed by atoms with van der Waals surface area (Å²) in [5.74, 6) is 0.827. The number of likely N-dealkylation sites (N-methyl/N-ethyl adjacent to an activating group) is 1. The number of fused-ring (bicyclic) bond motifs is 5. The highest BCUT2D eigenvalue weighted by Gasteiger charge is 2.29. The summed E-state index contributed by atoms with van der Waals surface area (Å²) in [6.45, 7) is 8.69. The molecule has 1 atom stereocenters. The van der Waals surface area contributed by atoms with Crippen LogP contribution in [0.5, 0.6) is 0 Å². The Kier molecular flexibility index (Phi) is 7.26. The molecule has 0 aliphatic carbocycles. The summed E-state index contributed by atoms with van der Waals surface area (Å²) in [4.78, 5) is 24.2. The van der Waals surface area contributed by atoms with Crippen LogP contribution in [0.1, 0.15) is 44.0 Å². The third kappa shape index (κ3) is 5.63. The summed E-state index contributed by atoms with van der Waals surface area (Å²) in [5, 5.41) is 9.26. The van der Waals surface area contributed by atoms with Crippen LogP contribution in [-0.2, 0) is 17.8 Å². The molecule has 1 saturated heterocycles. The highest BCUT2D eigenvalue weighted by molar-refractivity contribution is 5.73. The van der Waals surface area contributed by atoms with Gasteiger partial charge in [0.2, 0.25) is 0 Å². The molecule has 1 fully saturated rings. The molecule has 0 saturated carbocycles. The van der Waals surface area contributed by atoms with Gasteiger partial charge in [-0.05, 0) is 88.8 Å². The molecule has 4 heterocycles. The maximum Gasteiger partial charge on any atom is 0.410 e. The van der Waals surface area contributed by atoms with E-state index in [9.17, 15) is 10.1 Å². The van der Waals surface area contributed by atoms with Gasteiger partial charge in [-0.25, -0.2) is 9.78 Å². The van der Waals surface area contributed by atoms with Crippen LogP contribution in [0.25, 0.3) is 28.3 Å². The van der Waals surface area contributed by atoms with E-state index in [1.165, 1.54) is 11.3 Å². The van der Waals surface area contributed by atoms with E-state index < -0.39 is 5.60 Å². The summed E-state index contributed by atoms with van der Waals surface area (Å²) in [5.41, 5.74) is 7.55. The fourth-order valence-corrected chi connectivity index (χ4v) is 6.01. The first-order chi connectivity index (χ1) is 20.5. The number of nitriles is 1. The van der Waals surface area contributed by atoms with E-state index in [-0.39, 0.29) is 6.09 Å². The molecular formula is C34H39N7O2. The number of nitrogens with zero attached hydrogens (tertiary/aromatic N) is 7. The zero-order valence-corrected chi connectivity index (χ0v) is 25.8. The van der Waals surface area contributed by atoms with Crippen LogP contribution < -0.4 is 4.90 Å². The molecule has 4 aromatic rings. The average Bonchev–Trinajstić information content (AvgIpc) is 3.70. The first-order valence-electron chi connectivity index (χ1n) is 14.8. The van der Waals surface area contributed by atoms with Crippen LogP contribution in [-0.4, -0.2) is 75.9 Å². The first kappa shape index (κ1) is 28.6. The van der Waals surface area contributed by atoms with Gasteiger partial charge in [-0.3, -0.25) is 4.57 Å². The van der Waals surface area contributed by atoms with Gasteiger partial charge in [-0.15, -0.1) is 0 Å². The van der Waals surface area contributed by atoms with Gasteiger partial charge in [0.25, 0.3) is 0 Å². The number of aromatic nitrogens is 3. The number of hydrogen-bond acceptors (Lipinski definition) is 6. The predicted molar refractivity (Wildman–Crippen MR) is 168 cm³/mol. The second-order valence-corrected chi connectivity index (χ2v) is 12.8. The maximum absolute atomic E-state index is 12.9. The number of benzene rings is 2. The summed E-state index contributed by atoms with van der Waals surface area (Å²) in [6, 6.07) is 19.3. The predicted octanol–water partition coefficient (Wildman–Crippen LogP) is 5.75. The molecule has 43 heavy (non-hydrogen) atoms. The smallest absolute Gasteiger partial charge is 0.410 e. The Hall–Kier alpha value is -4.55. The van der Waals surface area contributed by atoms with Gasteiger partial charge in [0.05, 0.1) is 41.4 Å². The zero-order chi connectivity index (χ0) is 30.5. The van der Waals surface area contributed by atoms with Gasteiger partial charge in [0.1, 0.15) is 5.60 Å². The lowest BCUT2D eigenvalue weighted by molar-refractivity contribution is 0.0282. The van der Waals surface area contributed by atoms with E-state index in [1.807, 2.05) is 51.2 Å². The molecule has 0 spiro atoms. The molecule has 0 unspecified atom stereocenters. The number of ether oxygens (including phenoxy) is 1. The van der Waals surface area contributed by atoms with Crippen LogP contribution >= 0.6 is 0 Å². The quantitative estimate of drug-likeness (QED) is 0.265. The minimum Gasteiger partial charge on any atom is -0.444 e. The molecule has 6 rings (SSSR count). The lowest BCUT2D eigenvalue weighted by atomic mass is 10.1. The third-order valence-electron chi connectivity index (χ3n) is 8.32. The van der Waals surface area contributed by atoms with Crippen LogP contribution in [0.15, 0.2) is 60.9 Å². The number of carbonyl (C=O) groups excluding carboxylic acids is 1. The van der Waals surface area contributed by atoms with Gasteiger partial charge in [0, 0.05) is 50.2 Å². The maximum atomic E-state index is 12.9. The molecule has 9 nitrogen and oxygen atoms in total. The van der Waals surface area contributed by atoms with Crippen LogP contribution in [0.3, 0.4) is 0 Å². The standard InChI is InChI=1S/C34H39N7O2/c1-34(2,3)43-33(42)38(6)21-29-18-36-32-31-16-25(24-9-7-23(17-35)8-10-24)19-40(31)20-26-15-27(11-12-30(26)41(29)32)39-14-13-28(22-39)37(4)5/h7-12,15-16,18-19,28H,13-14,20-22H2,1-6H3/t28-/m1/s1. The number of carbonyl (C=O) groups is 1. The van der Waals surface area contributed by atoms with Gasteiger partial charge >= 0.3 is 6.09 Å². The van der Waals surface area contributed by atoms with Crippen molar-refractivity contribution in [3.63, 3.8) is 0 Å². The largest absolute Gasteiger partial charge is 0.444 e. The number of rotatable bonds is 5. The average molecular weight is 578 g/mol. The molecule has 0 N–H and O–H groups in total. The highest BCUT2D eigenvalue weighted by Crippen LogP contribution is 2.37. The number of imidazole rings is 1. The molecule has 2 aromatic heterocycles. The Labute approximate surface area is 253 Å². The molecule has 2 aliphatic rings. The Morgan fingerprint density at radius 2 is 1.86 bits per heavy atom. The topological polar surface area (TPSA) is 82.6 Å². The van der Waals surface area contributed by atoms with E-state index in [4.69, 9.17) is 9.72 Å². The SMILES string of the molecule is CN(Cc1cnc2n1-c1ccc(N3CC[C@@H](N(C)C)C3)cc1Cn1cc(-c3ccc(C#N)cc3)cc1-2)C(=O)OC(C)(C)C. The minimum absolute atomic E-state index is 0.350. The summed E-state index contributed by atoms with van der Waals surface area (Å²) in [7, 11) is 6.07. The molecule has 0 radical (unpaired) electrons. The van der Waals surface area contributed by atoms with Crippen molar-refractivity contribution in [2.45, 2.75) is 51.9 Å². The Balaban J connectivity index is 1.42. The normalized spacial score (nSPS) is 15.9. The molecule has 9 heteroatoms. The Morgan fingerprint density at radius 3 is 2.53 bits per heavy atom. The molecule has 2 aromatic carbocycles. The van der Waals surface area contributed by atoms with Gasteiger partial charge in [-0.1, -0.05) is 12.1 Å². The van der Waals surface area contributed by atoms with Crippen molar-refractivity contribution >= 4 is 11.8 Å². The fourth-order valence-electron chi connectivity index (χ4n) is 6.01. The van der Waals surface area contributed by atoms with Crippen molar-refractivity contribution in [3.8, 4) is 34.4 Å². The lowest BCUT2D eigenvalue weighted by Crippen LogP contribution is -2.34. The minimum atomic E-state index is -0.577. The van der Waals surface area contributed by atoms with Crippen molar-refractivity contribution in [2.24, 2.45) is 0 Å². The summed E-state index contributed by atoms with van der Waals surface area (Å²) >= 11 is 0.